The van der Waals surface area contributed by atoms with Crippen molar-refractivity contribution in [2.45, 2.75) is 58.4 Å². The Morgan fingerprint density at radius 1 is 0.938 bits per heavy atom. The van der Waals surface area contributed by atoms with Gasteiger partial charge in [0.05, 0.1) is 34.4 Å². The van der Waals surface area contributed by atoms with Crippen molar-refractivity contribution in [3.63, 3.8) is 0 Å². The molecule has 3 aromatic carbocycles. The fourth-order valence-electron chi connectivity index (χ4n) is 6.55. The van der Waals surface area contributed by atoms with Crippen molar-refractivity contribution in [1.82, 2.24) is 14.5 Å². The summed E-state index contributed by atoms with van der Waals surface area (Å²) in [6.07, 6.45) is 5.99. The van der Waals surface area contributed by atoms with Crippen LogP contribution in [-0.4, -0.2) is 61.2 Å². The van der Waals surface area contributed by atoms with E-state index >= 15 is 0 Å². The number of anilines is 2. The minimum absolute atomic E-state index is 0.0860. The molecule has 3 fully saturated rings. The van der Waals surface area contributed by atoms with E-state index in [1.165, 1.54) is 0 Å². The predicted octanol–water partition coefficient (Wildman–Crippen LogP) is 5.05. The molecule has 4 aromatic rings. The first-order valence-electron chi connectivity index (χ1n) is 17.0. The van der Waals surface area contributed by atoms with Crippen molar-refractivity contribution in [3.05, 3.63) is 88.5 Å². The molecule has 2 amide bonds. The Bertz CT molecular complexity index is 1930. The normalized spacial score (nSPS) is 17.0. The van der Waals surface area contributed by atoms with Crippen LogP contribution in [0.1, 0.15) is 56.8 Å². The van der Waals surface area contributed by atoms with Crippen molar-refractivity contribution < 1.29 is 18.4 Å². The molecule has 1 aliphatic heterocycles. The molecule has 0 bridgehead atoms. The maximum atomic E-state index is 14.1. The lowest BCUT2D eigenvalue weighted by Crippen LogP contribution is -2.49. The van der Waals surface area contributed by atoms with Crippen LogP contribution in [-0.2, 0) is 33.8 Å². The van der Waals surface area contributed by atoms with E-state index in [1.54, 1.807) is 16.7 Å². The number of hydrogen-bond donors (Lipinski definition) is 0. The molecule has 0 N–H and O–H groups in total. The lowest BCUT2D eigenvalue weighted by atomic mass is 10.0. The van der Waals surface area contributed by atoms with Gasteiger partial charge in [-0.1, -0.05) is 55.8 Å². The molecule has 1 unspecified atom stereocenters. The van der Waals surface area contributed by atoms with Crippen molar-refractivity contribution in [3.8, 4) is 11.1 Å². The van der Waals surface area contributed by atoms with Crippen LogP contribution in [0.5, 0.6) is 0 Å². The molecule has 3 aliphatic rings. The Labute approximate surface area is 282 Å². The third-order valence-corrected chi connectivity index (χ3v) is 10.3. The first kappa shape index (κ1) is 32.2. The number of carbonyl (C=O) groups excluding carboxylic acids is 2. The predicted molar refractivity (Wildman–Crippen MR) is 186 cm³/mol. The zero-order chi connectivity index (χ0) is 33.4. The Kier molecular flexibility index (Phi) is 9.15. The van der Waals surface area contributed by atoms with E-state index in [0.29, 0.717) is 61.1 Å². The molecule has 0 spiro atoms. The van der Waals surface area contributed by atoms with Crippen molar-refractivity contribution in [2.24, 2.45) is 11.8 Å². The number of carbonyl (C=O) groups is 2. The second-order valence-corrected chi connectivity index (χ2v) is 13.9. The van der Waals surface area contributed by atoms with Gasteiger partial charge in [-0.2, -0.15) is 0 Å². The number of benzene rings is 3. The summed E-state index contributed by atoms with van der Waals surface area (Å²) in [5.74, 6) is 0.596. The summed E-state index contributed by atoms with van der Waals surface area (Å²) in [5, 5.41) is 0.570. The average Bonchev–Trinajstić information content (AvgIpc) is 4.03. The molecular formula is C37H40N5O5S-. The molecule has 2 aliphatic carbocycles. The molecule has 1 saturated heterocycles. The van der Waals surface area contributed by atoms with E-state index < -0.39 is 17.2 Å². The number of unbranched alkanes of at least 4 members (excludes halogenated alkanes) is 1. The molecule has 7 rings (SSSR count). The van der Waals surface area contributed by atoms with Crippen molar-refractivity contribution >= 4 is 45.4 Å². The summed E-state index contributed by atoms with van der Waals surface area (Å²) in [7, 11) is 0. The highest BCUT2D eigenvalue weighted by atomic mass is 32.2. The van der Waals surface area contributed by atoms with Crippen molar-refractivity contribution in [1.29, 1.82) is 0 Å². The first-order valence-corrected chi connectivity index (χ1v) is 18.0. The summed E-state index contributed by atoms with van der Waals surface area (Å²) in [4.78, 5) is 48.7. The maximum Gasteiger partial charge on any atom is 0.261 e. The lowest BCUT2D eigenvalue weighted by molar-refractivity contribution is -0.132. The van der Waals surface area contributed by atoms with Gasteiger partial charge in [-0.15, -0.1) is 0 Å². The van der Waals surface area contributed by atoms with Crippen LogP contribution >= 0.6 is 0 Å². The molecule has 1 aromatic heterocycles. The second kappa shape index (κ2) is 13.6. The lowest BCUT2D eigenvalue weighted by Gasteiger charge is -2.36. The van der Waals surface area contributed by atoms with Gasteiger partial charge < -0.3 is 14.4 Å². The number of amides is 2. The minimum Gasteiger partial charge on any atom is -0.755 e. The van der Waals surface area contributed by atoms with Gasteiger partial charge in [0.15, 0.2) is 0 Å². The van der Waals surface area contributed by atoms with E-state index in [1.807, 2.05) is 59.5 Å². The number of aromatic nitrogens is 2. The third kappa shape index (κ3) is 6.66. The average molecular weight is 667 g/mol. The molecule has 48 heavy (non-hydrogen) atoms. The summed E-state index contributed by atoms with van der Waals surface area (Å²) in [6, 6.07) is 20.6. The standard InChI is InChI=1S/C37H41N5O5S/c1-2-3-8-34-38-32-18-17-29(39-19-21-40(22-20-39)35(43)27-13-14-27)23-31(32)37(45)41(34)24-25-9-11-26(12-10-25)30-6-4-5-7-33(30)42(48(46)47)36(44)28-15-16-28/h4-7,9-12,17-18,23,27-28H,2-3,8,13-16,19-22,24H2,1H3,(H,46,47)/p-1. The van der Waals surface area contributed by atoms with Crippen molar-refractivity contribution in [2.75, 3.05) is 35.4 Å². The molecule has 1 atom stereocenters. The SMILES string of the molecule is CCCCc1nc2ccc(N3CCN(C(=O)C4CC4)CC3)cc2c(=O)n1Cc1ccc(-c2ccccc2N(C(=O)C2CC2)S(=O)[O-])cc1. The Morgan fingerprint density at radius 3 is 2.31 bits per heavy atom. The summed E-state index contributed by atoms with van der Waals surface area (Å²) in [5.41, 5.74) is 4.21. The first-order chi connectivity index (χ1) is 23.3. The fraction of sp³-hybridized carbons (Fsp3) is 0.405. The quantitative estimate of drug-likeness (QED) is 0.206. The van der Waals surface area contributed by atoms with Gasteiger partial charge in [0.1, 0.15) is 5.82 Å². The van der Waals surface area contributed by atoms with Crippen LogP contribution in [0.2, 0.25) is 0 Å². The van der Waals surface area contributed by atoms with Gasteiger partial charge in [0, 0.05) is 55.7 Å². The van der Waals surface area contributed by atoms with Crippen LogP contribution in [0.15, 0.2) is 71.5 Å². The highest BCUT2D eigenvalue weighted by molar-refractivity contribution is 7.81. The van der Waals surface area contributed by atoms with Gasteiger partial charge in [-0.05, 0) is 67.5 Å². The second-order valence-electron chi connectivity index (χ2n) is 13.1. The monoisotopic (exact) mass is 666 g/mol. The number of fused-ring (bicyclic) bond motifs is 1. The number of rotatable bonds is 11. The van der Waals surface area contributed by atoms with Gasteiger partial charge in [0.25, 0.3) is 5.56 Å². The zero-order valence-corrected chi connectivity index (χ0v) is 28.0. The van der Waals surface area contributed by atoms with E-state index in [0.717, 1.165) is 65.7 Å². The van der Waals surface area contributed by atoms with E-state index in [4.69, 9.17) is 4.98 Å². The largest absolute Gasteiger partial charge is 0.755 e. The number of nitrogens with zero attached hydrogens (tertiary/aromatic N) is 5. The molecule has 2 heterocycles. The van der Waals surface area contributed by atoms with Gasteiger partial charge in [-0.3, -0.25) is 23.2 Å². The van der Waals surface area contributed by atoms with E-state index in [-0.39, 0.29) is 23.3 Å². The van der Waals surface area contributed by atoms with Crippen LogP contribution in [0, 0.1) is 11.8 Å². The van der Waals surface area contributed by atoms with E-state index in [9.17, 15) is 23.1 Å². The highest BCUT2D eigenvalue weighted by Crippen LogP contribution is 2.37. The van der Waals surface area contributed by atoms with Crippen LogP contribution in [0.3, 0.4) is 0 Å². The van der Waals surface area contributed by atoms with Crippen LogP contribution in [0.4, 0.5) is 11.4 Å². The maximum absolute atomic E-state index is 14.1. The smallest absolute Gasteiger partial charge is 0.261 e. The fourth-order valence-corrected chi connectivity index (χ4v) is 7.17. The zero-order valence-electron chi connectivity index (χ0n) is 27.2. The molecule has 250 valence electrons. The Morgan fingerprint density at radius 2 is 1.65 bits per heavy atom. The van der Waals surface area contributed by atoms with Gasteiger partial charge in [0.2, 0.25) is 11.8 Å². The topological polar surface area (TPSA) is 119 Å². The highest BCUT2D eigenvalue weighted by Gasteiger charge is 2.36. The molecular weight excluding hydrogens is 627 g/mol. The van der Waals surface area contributed by atoms with Crippen LogP contribution < -0.4 is 14.8 Å². The van der Waals surface area contributed by atoms with Crippen LogP contribution in [0.25, 0.3) is 22.0 Å². The number of aryl methyl sites for hydroxylation is 1. The molecule has 2 saturated carbocycles. The summed E-state index contributed by atoms with van der Waals surface area (Å²) < 4.78 is 27.0. The number of piperazine rings is 1. The van der Waals surface area contributed by atoms with E-state index in [2.05, 4.69) is 11.8 Å². The summed E-state index contributed by atoms with van der Waals surface area (Å²) in [6.45, 7) is 5.30. The number of para-hydroxylation sites is 1. The van der Waals surface area contributed by atoms with Gasteiger partial charge in [-0.25, -0.2) is 9.29 Å². The van der Waals surface area contributed by atoms with Gasteiger partial charge >= 0.3 is 0 Å². The third-order valence-electron chi connectivity index (χ3n) is 9.66. The molecule has 0 radical (unpaired) electrons. The Balaban J connectivity index is 1.16. The number of hydrogen-bond acceptors (Lipinski definition) is 7. The minimum atomic E-state index is -2.74. The summed E-state index contributed by atoms with van der Waals surface area (Å²) >= 11 is -2.74. The molecule has 10 nitrogen and oxygen atoms in total. The Hall–Kier alpha value is -4.35. The molecule has 11 heteroatoms.